The van der Waals surface area contributed by atoms with Crippen molar-refractivity contribution in [2.45, 2.75) is 27.2 Å². The first-order chi connectivity index (χ1) is 5.79. The lowest BCUT2D eigenvalue weighted by atomic mass is 10.1. The van der Waals surface area contributed by atoms with Gasteiger partial charge >= 0.3 is 0 Å². The fourth-order valence-electron chi connectivity index (χ4n) is 1.22. The Morgan fingerprint density at radius 3 is 2.69 bits per heavy atom. The van der Waals surface area contributed by atoms with Gasteiger partial charge in [0.25, 0.3) is 0 Å². The first kappa shape index (κ1) is 9.64. The van der Waals surface area contributed by atoms with Crippen molar-refractivity contribution in [3.05, 3.63) is 18.3 Å². The zero-order valence-corrected chi connectivity index (χ0v) is 7.07. The van der Waals surface area contributed by atoms with Gasteiger partial charge in [0.05, 0.1) is 12.0 Å². The van der Waals surface area contributed by atoms with E-state index >= 15 is 0 Å². The van der Waals surface area contributed by atoms with Crippen LogP contribution in [0.4, 0.5) is 0 Å². The lowest BCUT2D eigenvalue weighted by Crippen LogP contribution is -1.94. The summed E-state index contributed by atoms with van der Waals surface area (Å²) in [6.07, 6.45) is 3.20. The zero-order chi connectivity index (χ0) is 8.55. The number of hydrogen-bond acceptors (Lipinski definition) is 3. The van der Waals surface area contributed by atoms with Crippen molar-refractivity contribution in [1.82, 2.24) is 19.9 Å². The third-order valence-electron chi connectivity index (χ3n) is 1.80. The molecule has 13 heavy (non-hydrogen) atoms. The minimum Gasteiger partial charge on any atom is -0.342 e. The van der Waals surface area contributed by atoms with Crippen LogP contribution in [0, 0.1) is 0 Å². The maximum Gasteiger partial charge on any atom is 0.180 e. The van der Waals surface area contributed by atoms with Gasteiger partial charge in [0.15, 0.2) is 5.65 Å². The molecule has 0 radical (unpaired) electrons. The van der Waals surface area contributed by atoms with E-state index in [4.69, 9.17) is 0 Å². The van der Waals surface area contributed by atoms with Crippen LogP contribution in [0.1, 0.15) is 32.9 Å². The molecule has 0 saturated heterocycles. The second kappa shape index (κ2) is 3.51. The van der Waals surface area contributed by atoms with Crippen LogP contribution in [0.2, 0.25) is 0 Å². The van der Waals surface area contributed by atoms with Crippen molar-refractivity contribution in [3.8, 4) is 0 Å². The molecule has 0 aromatic carbocycles. The summed E-state index contributed by atoms with van der Waals surface area (Å²) >= 11 is 0. The van der Waals surface area contributed by atoms with Crippen molar-refractivity contribution >= 4 is 11.2 Å². The normalized spacial score (nSPS) is 10.4. The first-order valence-corrected chi connectivity index (χ1v) is 3.93. The molecule has 0 aliphatic heterocycles. The molecule has 0 atom stereocenters. The van der Waals surface area contributed by atoms with Gasteiger partial charge in [0, 0.05) is 0 Å². The Morgan fingerprint density at radius 1 is 1.23 bits per heavy atom. The summed E-state index contributed by atoms with van der Waals surface area (Å²) in [5.74, 6) is 0.399. The first-order valence-electron chi connectivity index (χ1n) is 3.93. The summed E-state index contributed by atoms with van der Waals surface area (Å²) in [6, 6.07) is 0. The molecule has 0 amide bonds. The van der Waals surface area contributed by atoms with Crippen LogP contribution in [-0.2, 0) is 0 Å². The molecular formula is C9H14N4. The molecule has 0 fully saturated rings. The largest absolute Gasteiger partial charge is 0.342 e. The van der Waals surface area contributed by atoms with Crippen molar-refractivity contribution in [3.63, 3.8) is 0 Å². The Labute approximate surface area is 77.4 Å². The molecule has 2 heterocycles. The van der Waals surface area contributed by atoms with E-state index < -0.39 is 0 Å². The highest BCUT2D eigenvalue weighted by atomic mass is 15.0. The molecular weight excluding hydrogens is 164 g/mol. The third-order valence-corrected chi connectivity index (χ3v) is 1.80. The number of fused-ring (bicyclic) bond motifs is 1. The van der Waals surface area contributed by atoms with Crippen LogP contribution in [0.5, 0.6) is 0 Å². The van der Waals surface area contributed by atoms with Gasteiger partial charge in [-0.05, 0) is 5.92 Å². The topological polar surface area (TPSA) is 54.5 Å². The van der Waals surface area contributed by atoms with Crippen molar-refractivity contribution in [2.75, 3.05) is 0 Å². The van der Waals surface area contributed by atoms with Crippen LogP contribution in [0.3, 0.4) is 0 Å². The molecule has 0 spiro atoms. The third kappa shape index (κ3) is 1.52. The lowest BCUT2D eigenvalue weighted by molar-refractivity contribution is 0.825. The predicted octanol–water partition coefficient (Wildman–Crippen LogP) is 2.11. The Hall–Kier alpha value is -1.45. The second-order valence-electron chi connectivity index (χ2n) is 3.01. The molecule has 70 valence electrons. The van der Waals surface area contributed by atoms with Crippen LogP contribution < -0.4 is 0 Å². The monoisotopic (exact) mass is 178 g/mol. The molecule has 0 unspecified atom stereocenters. The molecule has 0 aliphatic rings. The van der Waals surface area contributed by atoms with E-state index in [2.05, 4.69) is 33.8 Å². The van der Waals surface area contributed by atoms with E-state index in [0.29, 0.717) is 5.92 Å². The molecule has 4 heteroatoms. The number of nitrogens with zero attached hydrogens (tertiary/aromatic N) is 3. The number of aromatic nitrogens is 4. The van der Waals surface area contributed by atoms with Gasteiger partial charge in [-0.25, -0.2) is 15.0 Å². The van der Waals surface area contributed by atoms with E-state index in [1.165, 1.54) is 0 Å². The maximum atomic E-state index is 4.20. The number of imidazole rings is 1. The number of rotatable bonds is 1. The van der Waals surface area contributed by atoms with E-state index in [-0.39, 0.29) is 7.43 Å². The number of hydrogen-bond donors (Lipinski definition) is 1. The van der Waals surface area contributed by atoms with Gasteiger partial charge in [-0.1, -0.05) is 21.3 Å². The summed E-state index contributed by atoms with van der Waals surface area (Å²) in [5, 5.41) is 0. The second-order valence-corrected chi connectivity index (χ2v) is 3.01. The molecule has 2 aromatic heterocycles. The van der Waals surface area contributed by atoms with E-state index in [1.807, 2.05) is 0 Å². The number of H-pyrrole nitrogens is 1. The highest BCUT2D eigenvalue weighted by Gasteiger charge is 2.07. The molecule has 0 bridgehead atoms. The molecule has 2 aromatic rings. The van der Waals surface area contributed by atoms with Gasteiger partial charge in [-0.2, -0.15) is 0 Å². The highest BCUT2D eigenvalue weighted by Crippen LogP contribution is 2.17. The van der Waals surface area contributed by atoms with Crippen molar-refractivity contribution in [1.29, 1.82) is 0 Å². The Morgan fingerprint density at radius 2 is 2.00 bits per heavy atom. The van der Waals surface area contributed by atoms with Gasteiger partial charge < -0.3 is 4.98 Å². The van der Waals surface area contributed by atoms with Crippen molar-refractivity contribution < 1.29 is 0 Å². The molecule has 4 nitrogen and oxygen atoms in total. The van der Waals surface area contributed by atoms with Crippen molar-refractivity contribution in [2.24, 2.45) is 0 Å². The average molecular weight is 178 g/mol. The maximum absolute atomic E-state index is 4.20. The van der Waals surface area contributed by atoms with Gasteiger partial charge in [-0.3, -0.25) is 0 Å². The summed E-state index contributed by atoms with van der Waals surface area (Å²) in [5.41, 5.74) is 2.72. The Balaban J connectivity index is 0.000000845. The minimum atomic E-state index is 0. The minimum absolute atomic E-state index is 0. The molecule has 1 N–H and O–H groups in total. The highest BCUT2D eigenvalue weighted by molar-refractivity contribution is 5.72. The van der Waals surface area contributed by atoms with Crippen LogP contribution in [0.25, 0.3) is 11.2 Å². The number of nitrogens with one attached hydrogen (secondary N) is 1. The Kier molecular flexibility index (Phi) is 2.60. The van der Waals surface area contributed by atoms with E-state index in [0.717, 1.165) is 16.9 Å². The van der Waals surface area contributed by atoms with E-state index in [1.54, 1.807) is 12.7 Å². The summed E-state index contributed by atoms with van der Waals surface area (Å²) < 4.78 is 0. The molecule has 0 saturated carbocycles. The smallest absolute Gasteiger partial charge is 0.180 e. The van der Waals surface area contributed by atoms with Gasteiger partial charge in [0.1, 0.15) is 11.8 Å². The van der Waals surface area contributed by atoms with Gasteiger partial charge in [-0.15, -0.1) is 0 Å². The van der Waals surface area contributed by atoms with Gasteiger partial charge in [0.2, 0.25) is 0 Å². The predicted molar refractivity (Wildman–Crippen MR) is 52.5 cm³/mol. The standard InChI is InChI=1S/C8H10N4.CH4/c1-5(2)6-7-8(11-3-9-6)12-4-10-7;/h3-5H,1-2H3,(H,9,10,11,12);1H4. The Bertz CT molecular complexity index is 391. The van der Waals surface area contributed by atoms with Crippen LogP contribution in [-0.4, -0.2) is 19.9 Å². The van der Waals surface area contributed by atoms with E-state index in [9.17, 15) is 0 Å². The quantitative estimate of drug-likeness (QED) is 0.727. The fraction of sp³-hybridized carbons (Fsp3) is 0.444. The molecule has 0 aliphatic carbocycles. The summed E-state index contributed by atoms with van der Waals surface area (Å²) in [6.45, 7) is 4.20. The SMILES string of the molecule is C.CC(C)c1ncnc2nc[nH]c12. The van der Waals surface area contributed by atoms with Crippen LogP contribution in [0.15, 0.2) is 12.7 Å². The summed E-state index contributed by atoms with van der Waals surface area (Å²) in [4.78, 5) is 15.3. The summed E-state index contributed by atoms with van der Waals surface area (Å²) in [7, 11) is 0. The molecule has 2 rings (SSSR count). The lowest BCUT2D eigenvalue weighted by Gasteiger charge is -2.02. The average Bonchev–Trinajstić information content (AvgIpc) is 2.49. The fourth-order valence-corrected chi connectivity index (χ4v) is 1.22. The zero-order valence-electron chi connectivity index (χ0n) is 7.07. The number of aromatic amines is 1. The van der Waals surface area contributed by atoms with Crippen LogP contribution >= 0.6 is 0 Å².